The van der Waals surface area contributed by atoms with Crippen molar-refractivity contribution in [3.63, 3.8) is 0 Å². The van der Waals surface area contributed by atoms with Crippen molar-refractivity contribution in [3.05, 3.63) is 82.9 Å². The van der Waals surface area contributed by atoms with Crippen LogP contribution in [0.15, 0.2) is 66.2 Å². The molecular formula is C22H23F3O3Si. The highest BCUT2D eigenvalue weighted by Crippen LogP contribution is 2.55. The van der Waals surface area contributed by atoms with E-state index >= 15 is 0 Å². The Hall–Kier alpha value is -2.38. The van der Waals surface area contributed by atoms with E-state index in [1.165, 1.54) is 19.2 Å². The highest BCUT2D eigenvalue weighted by atomic mass is 28.4. The van der Waals surface area contributed by atoms with Gasteiger partial charge in [-0.2, -0.15) is 13.2 Å². The SMILES string of the molecule is COC(=O)C1(c2ccc(C(F)(F)F)cc2)C=C1C(O[Si](C)(C)C)c1ccccc1. The Labute approximate surface area is 169 Å². The van der Waals surface area contributed by atoms with E-state index in [0.29, 0.717) is 11.1 Å². The normalized spacial score (nSPS) is 20.0. The van der Waals surface area contributed by atoms with Gasteiger partial charge in [-0.15, -0.1) is 0 Å². The number of carbonyl (C=O) groups is 1. The third-order valence-electron chi connectivity index (χ3n) is 4.78. The molecule has 0 heterocycles. The van der Waals surface area contributed by atoms with Gasteiger partial charge < -0.3 is 9.16 Å². The topological polar surface area (TPSA) is 35.5 Å². The minimum absolute atomic E-state index is 0.437. The lowest BCUT2D eigenvalue weighted by Gasteiger charge is -2.28. The number of carbonyl (C=O) groups excluding carboxylic acids is 1. The maximum atomic E-state index is 12.9. The van der Waals surface area contributed by atoms with E-state index in [0.717, 1.165) is 17.7 Å². The third kappa shape index (κ3) is 4.30. The van der Waals surface area contributed by atoms with Gasteiger partial charge in [0.25, 0.3) is 0 Å². The van der Waals surface area contributed by atoms with Crippen molar-refractivity contribution in [1.29, 1.82) is 0 Å². The largest absolute Gasteiger partial charge is 0.468 e. The number of esters is 1. The van der Waals surface area contributed by atoms with Crippen LogP contribution >= 0.6 is 0 Å². The maximum absolute atomic E-state index is 12.9. The Morgan fingerprint density at radius 3 is 2.07 bits per heavy atom. The summed E-state index contributed by atoms with van der Waals surface area (Å²) in [4.78, 5) is 12.7. The number of hydrogen-bond donors (Lipinski definition) is 0. The molecule has 2 unspecified atom stereocenters. The lowest BCUT2D eigenvalue weighted by atomic mass is 9.86. The molecule has 0 fully saturated rings. The first-order chi connectivity index (χ1) is 13.5. The van der Waals surface area contributed by atoms with Crippen LogP contribution in [0.25, 0.3) is 0 Å². The van der Waals surface area contributed by atoms with Crippen molar-refractivity contribution in [3.8, 4) is 0 Å². The minimum Gasteiger partial charge on any atom is -0.468 e. The van der Waals surface area contributed by atoms with Crippen LogP contribution in [0.5, 0.6) is 0 Å². The lowest BCUT2D eigenvalue weighted by Crippen LogP contribution is -2.32. The molecule has 3 nitrogen and oxygen atoms in total. The number of benzene rings is 2. The summed E-state index contributed by atoms with van der Waals surface area (Å²) in [6, 6.07) is 14.1. The fourth-order valence-electron chi connectivity index (χ4n) is 3.40. The number of halogens is 3. The van der Waals surface area contributed by atoms with Gasteiger partial charge in [-0.25, -0.2) is 0 Å². The smallest absolute Gasteiger partial charge is 0.416 e. The summed E-state index contributed by atoms with van der Waals surface area (Å²) < 4.78 is 50.2. The van der Waals surface area contributed by atoms with Crippen LogP contribution in [-0.4, -0.2) is 21.4 Å². The van der Waals surface area contributed by atoms with E-state index in [9.17, 15) is 18.0 Å². The van der Waals surface area contributed by atoms with Crippen molar-refractivity contribution < 1.29 is 27.1 Å². The summed E-state index contributed by atoms with van der Waals surface area (Å²) in [5.41, 5.74) is 0.0458. The number of ether oxygens (including phenoxy) is 1. The molecule has 2 aromatic carbocycles. The number of rotatable bonds is 6. The van der Waals surface area contributed by atoms with E-state index in [1.54, 1.807) is 6.08 Å². The first-order valence-corrected chi connectivity index (χ1v) is 12.6. The molecule has 3 rings (SSSR count). The van der Waals surface area contributed by atoms with Crippen LogP contribution in [-0.2, 0) is 25.5 Å². The van der Waals surface area contributed by atoms with E-state index in [-0.39, 0.29) is 0 Å². The molecule has 2 atom stereocenters. The van der Waals surface area contributed by atoms with E-state index < -0.39 is 37.5 Å². The Kier molecular flexibility index (Phi) is 5.49. The predicted octanol–water partition coefficient (Wildman–Crippen LogP) is 5.65. The van der Waals surface area contributed by atoms with E-state index in [1.807, 2.05) is 50.0 Å². The first kappa shape index (κ1) is 21.3. The number of alkyl halides is 3. The van der Waals surface area contributed by atoms with Crippen molar-refractivity contribution in [1.82, 2.24) is 0 Å². The molecule has 0 aliphatic heterocycles. The second-order valence-electron chi connectivity index (χ2n) is 8.00. The fraction of sp³-hybridized carbons (Fsp3) is 0.318. The van der Waals surface area contributed by atoms with Gasteiger partial charge in [-0.3, -0.25) is 4.79 Å². The number of hydrogen-bond acceptors (Lipinski definition) is 3. The monoisotopic (exact) mass is 420 g/mol. The third-order valence-corrected chi connectivity index (χ3v) is 5.72. The molecule has 0 saturated carbocycles. The summed E-state index contributed by atoms with van der Waals surface area (Å²) in [7, 11) is -0.737. The molecule has 1 aliphatic rings. The average Bonchev–Trinajstić information content (AvgIpc) is 3.41. The molecule has 7 heteroatoms. The van der Waals surface area contributed by atoms with Gasteiger partial charge in [0.2, 0.25) is 0 Å². The minimum atomic E-state index is -4.44. The molecular weight excluding hydrogens is 397 g/mol. The Morgan fingerprint density at radius 2 is 1.59 bits per heavy atom. The summed E-state index contributed by atoms with van der Waals surface area (Å²) in [6.45, 7) is 6.14. The molecule has 0 spiro atoms. The lowest BCUT2D eigenvalue weighted by molar-refractivity contribution is -0.143. The molecule has 0 saturated heterocycles. The van der Waals surface area contributed by atoms with Gasteiger partial charge in [-0.05, 0) is 48.5 Å². The van der Waals surface area contributed by atoms with Crippen molar-refractivity contribution >= 4 is 14.3 Å². The standard InChI is InChI=1S/C22H23F3O3Si/c1-27-20(26)21(16-10-12-17(13-11-16)22(23,24)25)14-18(21)19(28-29(2,3)4)15-8-6-5-7-9-15/h5-14,19H,1-4H3. The quantitative estimate of drug-likeness (QED) is 0.344. The molecule has 29 heavy (non-hydrogen) atoms. The molecule has 0 radical (unpaired) electrons. The summed E-state index contributed by atoms with van der Waals surface area (Å²) in [5.74, 6) is -0.535. The zero-order chi connectivity index (χ0) is 21.4. The van der Waals surface area contributed by atoms with Crippen LogP contribution in [0.1, 0.15) is 22.8 Å². The Morgan fingerprint density at radius 1 is 1.00 bits per heavy atom. The fourth-order valence-corrected chi connectivity index (χ4v) is 4.37. The Bertz CT molecular complexity index is 915. The van der Waals surface area contributed by atoms with Crippen molar-refractivity contribution in [2.45, 2.75) is 37.3 Å². The van der Waals surface area contributed by atoms with Crippen LogP contribution in [0.4, 0.5) is 13.2 Å². The highest BCUT2D eigenvalue weighted by Gasteiger charge is 2.57. The van der Waals surface area contributed by atoms with Gasteiger partial charge in [0.15, 0.2) is 8.32 Å². The maximum Gasteiger partial charge on any atom is 0.416 e. The van der Waals surface area contributed by atoms with Crippen molar-refractivity contribution in [2.75, 3.05) is 7.11 Å². The average molecular weight is 421 g/mol. The van der Waals surface area contributed by atoms with E-state index in [2.05, 4.69) is 0 Å². The summed E-state index contributed by atoms with van der Waals surface area (Å²) in [5, 5.41) is 0. The molecule has 0 aromatic heterocycles. The Balaban J connectivity index is 2.02. The second-order valence-corrected chi connectivity index (χ2v) is 12.5. The van der Waals surface area contributed by atoms with Gasteiger partial charge >= 0.3 is 12.1 Å². The zero-order valence-electron chi connectivity index (χ0n) is 16.7. The van der Waals surface area contributed by atoms with Gasteiger partial charge in [0, 0.05) is 0 Å². The highest BCUT2D eigenvalue weighted by molar-refractivity contribution is 6.69. The van der Waals surface area contributed by atoms with Crippen molar-refractivity contribution in [2.24, 2.45) is 0 Å². The molecule has 1 aliphatic carbocycles. The summed E-state index contributed by atoms with van der Waals surface area (Å²) in [6.07, 6.45) is -3.17. The van der Waals surface area contributed by atoms with Crippen LogP contribution in [0.2, 0.25) is 19.6 Å². The molecule has 154 valence electrons. The molecule has 0 bridgehead atoms. The molecule has 0 amide bonds. The van der Waals surface area contributed by atoms with Crippen LogP contribution in [0, 0.1) is 0 Å². The number of methoxy groups -OCH3 is 1. The predicted molar refractivity (Wildman–Crippen MR) is 107 cm³/mol. The van der Waals surface area contributed by atoms with Crippen LogP contribution in [0.3, 0.4) is 0 Å². The second kappa shape index (κ2) is 7.46. The summed E-state index contributed by atoms with van der Waals surface area (Å²) >= 11 is 0. The van der Waals surface area contributed by atoms with Gasteiger partial charge in [-0.1, -0.05) is 48.5 Å². The van der Waals surface area contributed by atoms with Gasteiger partial charge in [0.05, 0.1) is 18.8 Å². The van der Waals surface area contributed by atoms with Gasteiger partial charge in [0.1, 0.15) is 5.41 Å². The molecule has 0 N–H and O–H groups in total. The van der Waals surface area contributed by atoms with E-state index in [4.69, 9.17) is 9.16 Å². The van der Waals surface area contributed by atoms with Crippen LogP contribution < -0.4 is 0 Å². The first-order valence-electron chi connectivity index (χ1n) is 9.21. The zero-order valence-corrected chi connectivity index (χ0v) is 17.7. The molecule has 2 aromatic rings.